The van der Waals surface area contributed by atoms with Gasteiger partial charge in [-0.25, -0.2) is 14.8 Å². The van der Waals surface area contributed by atoms with Gasteiger partial charge in [-0.2, -0.15) is 13.2 Å². The van der Waals surface area contributed by atoms with Crippen molar-refractivity contribution in [2.24, 2.45) is 0 Å². The molecule has 2 aromatic heterocycles. The number of hydrogen-bond donors (Lipinski definition) is 1. The third kappa shape index (κ3) is 3.78. The number of pyridine rings is 1. The number of likely N-dealkylation sites (tertiary alicyclic amines) is 1. The van der Waals surface area contributed by atoms with Gasteiger partial charge in [-0.1, -0.05) is 0 Å². The molecule has 0 atom stereocenters. The Kier molecular flexibility index (Phi) is 4.43. The zero-order valence-electron chi connectivity index (χ0n) is 13.1. The number of hydrogen-bond acceptors (Lipinski definition) is 6. The van der Waals surface area contributed by atoms with Crippen LogP contribution in [-0.2, 0) is 10.9 Å². The van der Waals surface area contributed by atoms with Crippen molar-refractivity contribution >= 4 is 11.9 Å². The van der Waals surface area contributed by atoms with E-state index in [0.717, 1.165) is 6.07 Å². The number of nitrogens with zero attached hydrogens (tertiary/aromatic N) is 4. The van der Waals surface area contributed by atoms with Crippen molar-refractivity contribution in [3.8, 4) is 11.4 Å². The predicted molar refractivity (Wildman–Crippen MR) is 81.7 cm³/mol. The highest BCUT2D eigenvalue weighted by atomic mass is 19.4. The lowest BCUT2D eigenvalue weighted by Gasteiger charge is -2.38. The standard InChI is InChI=1S/C15H14F3N5O2/c1-25-14(24)23-7-10(8-23)20-12-5-11(15(16,17)18)21-13(22-12)9-3-2-4-19-6-9/h2-6,10H,7-8H2,1H3,(H,20,21,22). The number of halogens is 3. The minimum Gasteiger partial charge on any atom is -0.453 e. The fraction of sp³-hybridized carbons (Fsp3) is 0.333. The van der Waals surface area contributed by atoms with E-state index in [1.54, 1.807) is 12.1 Å². The van der Waals surface area contributed by atoms with Gasteiger partial charge in [0.25, 0.3) is 0 Å². The van der Waals surface area contributed by atoms with Gasteiger partial charge in [0.05, 0.1) is 13.2 Å². The summed E-state index contributed by atoms with van der Waals surface area (Å²) in [6.45, 7) is 0.639. The number of aromatic nitrogens is 3. The number of ether oxygens (including phenoxy) is 1. The van der Waals surface area contributed by atoms with Crippen LogP contribution in [0.5, 0.6) is 0 Å². The molecule has 1 aliphatic rings. The number of carbonyl (C=O) groups excluding carboxylic acids is 1. The maximum Gasteiger partial charge on any atom is 0.433 e. The molecule has 1 saturated heterocycles. The number of nitrogens with one attached hydrogen (secondary N) is 1. The average molecular weight is 353 g/mol. The van der Waals surface area contributed by atoms with Crippen molar-refractivity contribution in [1.82, 2.24) is 19.9 Å². The number of methoxy groups -OCH3 is 1. The molecular weight excluding hydrogens is 339 g/mol. The molecule has 1 aliphatic heterocycles. The molecule has 2 aromatic rings. The van der Waals surface area contributed by atoms with Gasteiger partial charge < -0.3 is 15.0 Å². The Balaban J connectivity index is 1.83. The van der Waals surface area contributed by atoms with Gasteiger partial charge in [0, 0.05) is 37.1 Å². The number of alkyl halides is 3. The minimum absolute atomic E-state index is 0.0377. The van der Waals surface area contributed by atoms with Gasteiger partial charge in [-0.15, -0.1) is 0 Å². The SMILES string of the molecule is COC(=O)N1CC(Nc2cc(C(F)(F)F)nc(-c3cccnc3)n2)C1. The Hall–Kier alpha value is -2.91. The zero-order chi connectivity index (χ0) is 18.0. The van der Waals surface area contributed by atoms with Crippen molar-refractivity contribution in [2.75, 3.05) is 25.5 Å². The molecule has 1 N–H and O–H groups in total. The summed E-state index contributed by atoms with van der Waals surface area (Å²) in [6, 6.07) is 3.80. The van der Waals surface area contributed by atoms with Crippen molar-refractivity contribution in [3.05, 3.63) is 36.3 Å². The van der Waals surface area contributed by atoms with Gasteiger partial charge in [-0.3, -0.25) is 4.98 Å². The molecule has 7 nitrogen and oxygen atoms in total. The number of carbonyl (C=O) groups is 1. The van der Waals surface area contributed by atoms with Crippen LogP contribution in [0, 0.1) is 0 Å². The lowest BCUT2D eigenvalue weighted by Crippen LogP contribution is -2.57. The molecule has 0 radical (unpaired) electrons. The third-order valence-electron chi connectivity index (χ3n) is 3.60. The van der Waals surface area contributed by atoms with Gasteiger partial charge in [0.15, 0.2) is 11.5 Å². The van der Waals surface area contributed by atoms with Gasteiger partial charge in [-0.05, 0) is 12.1 Å². The molecule has 3 heterocycles. The molecule has 0 bridgehead atoms. The second-order valence-electron chi connectivity index (χ2n) is 5.42. The average Bonchev–Trinajstić information content (AvgIpc) is 2.57. The molecule has 1 fully saturated rings. The Labute approximate surface area is 140 Å². The molecule has 0 spiro atoms. The van der Waals surface area contributed by atoms with E-state index < -0.39 is 18.0 Å². The molecule has 3 rings (SSSR count). The van der Waals surface area contributed by atoms with E-state index in [2.05, 4.69) is 25.0 Å². The predicted octanol–water partition coefficient (Wildman–Crippen LogP) is 2.42. The summed E-state index contributed by atoms with van der Waals surface area (Å²) >= 11 is 0. The number of anilines is 1. The highest BCUT2D eigenvalue weighted by molar-refractivity contribution is 5.69. The first kappa shape index (κ1) is 16.9. The summed E-state index contributed by atoms with van der Waals surface area (Å²) in [5.41, 5.74) is -0.672. The summed E-state index contributed by atoms with van der Waals surface area (Å²) in [4.78, 5) is 24.3. The molecule has 1 amide bonds. The van der Waals surface area contributed by atoms with Crippen LogP contribution in [0.15, 0.2) is 30.6 Å². The highest BCUT2D eigenvalue weighted by Crippen LogP contribution is 2.31. The van der Waals surface area contributed by atoms with E-state index in [-0.39, 0.29) is 17.7 Å². The van der Waals surface area contributed by atoms with Crippen LogP contribution < -0.4 is 5.32 Å². The van der Waals surface area contributed by atoms with Crippen molar-refractivity contribution in [1.29, 1.82) is 0 Å². The second kappa shape index (κ2) is 6.54. The third-order valence-corrected chi connectivity index (χ3v) is 3.60. The summed E-state index contributed by atoms with van der Waals surface area (Å²) in [7, 11) is 1.27. The molecule has 0 unspecified atom stereocenters. The topological polar surface area (TPSA) is 80.2 Å². The van der Waals surface area contributed by atoms with E-state index in [1.807, 2.05) is 0 Å². The number of amides is 1. The van der Waals surface area contributed by atoms with E-state index in [1.165, 1.54) is 24.4 Å². The minimum atomic E-state index is -4.60. The normalized spacial score (nSPS) is 14.8. The van der Waals surface area contributed by atoms with Crippen LogP contribution in [0.4, 0.5) is 23.8 Å². The van der Waals surface area contributed by atoms with Gasteiger partial charge in [0.2, 0.25) is 0 Å². The van der Waals surface area contributed by atoms with Gasteiger partial charge >= 0.3 is 12.3 Å². The zero-order valence-corrected chi connectivity index (χ0v) is 13.1. The van der Waals surface area contributed by atoms with Crippen LogP contribution in [0.25, 0.3) is 11.4 Å². The number of rotatable bonds is 3. The van der Waals surface area contributed by atoms with Crippen LogP contribution in [0.1, 0.15) is 5.69 Å². The molecule has 0 saturated carbocycles. The maximum atomic E-state index is 13.1. The Bertz CT molecular complexity index is 764. The fourth-order valence-electron chi connectivity index (χ4n) is 2.35. The lowest BCUT2D eigenvalue weighted by molar-refractivity contribution is -0.141. The lowest BCUT2D eigenvalue weighted by atomic mass is 10.1. The quantitative estimate of drug-likeness (QED) is 0.913. The van der Waals surface area contributed by atoms with E-state index in [4.69, 9.17) is 0 Å². The molecule has 0 aromatic carbocycles. The fourth-order valence-corrected chi connectivity index (χ4v) is 2.35. The maximum absolute atomic E-state index is 13.1. The summed E-state index contributed by atoms with van der Waals surface area (Å²) in [5.74, 6) is -0.0368. The Morgan fingerprint density at radius 1 is 1.36 bits per heavy atom. The second-order valence-corrected chi connectivity index (χ2v) is 5.42. The van der Waals surface area contributed by atoms with E-state index >= 15 is 0 Å². The largest absolute Gasteiger partial charge is 0.453 e. The Morgan fingerprint density at radius 3 is 2.72 bits per heavy atom. The summed E-state index contributed by atoms with van der Waals surface area (Å²) in [6.07, 6.45) is -2.19. The highest BCUT2D eigenvalue weighted by Gasteiger charge is 2.35. The van der Waals surface area contributed by atoms with Crippen LogP contribution in [-0.4, -0.2) is 52.2 Å². The Morgan fingerprint density at radius 2 is 2.12 bits per heavy atom. The van der Waals surface area contributed by atoms with Crippen molar-refractivity contribution in [2.45, 2.75) is 12.2 Å². The van der Waals surface area contributed by atoms with E-state index in [9.17, 15) is 18.0 Å². The van der Waals surface area contributed by atoms with Crippen molar-refractivity contribution in [3.63, 3.8) is 0 Å². The smallest absolute Gasteiger partial charge is 0.433 e. The molecule has 132 valence electrons. The monoisotopic (exact) mass is 353 g/mol. The molecular formula is C15H14F3N5O2. The van der Waals surface area contributed by atoms with Crippen molar-refractivity contribution < 1.29 is 22.7 Å². The van der Waals surface area contributed by atoms with E-state index in [0.29, 0.717) is 18.7 Å². The summed E-state index contributed by atoms with van der Waals surface area (Å²) < 4.78 is 43.9. The van der Waals surface area contributed by atoms with Crippen LogP contribution in [0.2, 0.25) is 0 Å². The first-order chi connectivity index (χ1) is 11.9. The molecule has 0 aliphatic carbocycles. The summed E-state index contributed by atoms with van der Waals surface area (Å²) in [5, 5.41) is 2.89. The van der Waals surface area contributed by atoms with Crippen LogP contribution >= 0.6 is 0 Å². The first-order valence-corrected chi connectivity index (χ1v) is 7.33. The first-order valence-electron chi connectivity index (χ1n) is 7.33. The van der Waals surface area contributed by atoms with Gasteiger partial charge in [0.1, 0.15) is 5.82 Å². The molecule has 25 heavy (non-hydrogen) atoms. The van der Waals surface area contributed by atoms with Crippen LogP contribution in [0.3, 0.4) is 0 Å². The molecule has 10 heteroatoms.